The highest BCUT2D eigenvalue weighted by Gasteiger charge is 2.23. The number of thiol groups is 1. The second-order valence-electron chi connectivity index (χ2n) is 4.11. The van der Waals surface area contributed by atoms with Crippen LogP contribution in [0, 0.1) is 0 Å². The van der Waals surface area contributed by atoms with E-state index in [4.69, 9.17) is 9.47 Å². The van der Waals surface area contributed by atoms with Crippen LogP contribution in [-0.2, 0) is 4.74 Å². The third-order valence-electron chi connectivity index (χ3n) is 2.45. The van der Waals surface area contributed by atoms with Gasteiger partial charge < -0.3 is 9.47 Å². The molecule has 0 saturated carbocycles. The molecular formula is C12H16O2S. The molecule has 1 aliphatic rings. The van der Waals surface area contributed by atoms with Gasteiger partial charge in [0.25, 0.3) is 0 Å². The Labute approximate surface area is 96.0 Å². The van der Waals surface area contributed by atoms with E-state index in [9.17, 15) is 0 Å². The quantitative estimate of drug-likeness (QED) is 0.627. The molecule has 1 unspecified atom stereocenters. The van der Waals surface area contributed by atoms with E-state index in [-0.39, 0.29) is 0 Å². The number of epoxide rings is 1. The zero-order valence-electron chi connectivity index (χ0n) is 9.06. The van der Waals surface area contributed by atoms with Crippen molar-refractivity contribution in [2.45, 2.75) is 30.8 Å². The fourth-order valence-corrected chi connectivity index (χ4v) is 2.04. The summed E-state index contributed by atoms with van der Waals surface area (Å²) in [5.74, 6) is 1.36. The summed E-state index contributed by atoms with van der Waals surface area (Å²) in [5.41, 5.74) is 1.18. The zero-order chi connectivity index (χ0) is 10.8. The number of hydrogen-bond acceptors (Lipinski definition) is 3. The van der Waals surface area contributed by atoms with E-state index in [2.05, 4.69) is 26.5 Å². The van der Waals surface area contributed by atoms with Gasteiger partial charge in [0, 0.05) is 10.5 Å². The van der Waals surface area contributed by atoms with E-state index in [0.717, 1.165) is 17.3 Å². The van der Waals surface area contributed by atoms with Crippen molar-refractivity contribution in [3.05, 3.63) is 23.8 Å². The normalized spacial score (nSPS) is 19.3. The number of ether oxygens (including phenoxy) is 2. The number of benzene rings is 1. The Morgan fingerprint density at radius 3 is 2.87 bits per heavy atom. The standard InChI is InChI=1S/C12H16O2S/c1-8(2)12-10(4-3-5-11(12)15)14-7-9-6-13-9/h3-5,8-9,15H,6-7H2,1-2H3. The molecule has 15 heavy (non-hydrogen) atoms. The first-order valence-electron chi connectivity index (χ1n) is 5.24. The molecule has 2 nitrogen and oxygen atoms in total. The summed E-state index contributed by atoms with van der Waals surface area (Å²) in [5, 5.41) is 0. The average Bonchev–Trinajstić information content (AvgIpc) is 2.97. The van der Waals surface area contributed by atoms with Crippen LogP contribution in [0.2, 0.25) is 0 Å². The molecule has 1 saturated heterocycles. The van der Waals surface area contributed by atoms with E-state index in [0.29, 0.717) is 18.6 Å². The lowest BCUT2D eigenvalue weighted by molar-refractivity contribution is 0.260. The third kappa shape index (κ3) is 2.67. The fourth-order valence-electron chi connectivity index (χ4n) is 1.59. The molecule has 1 atom stereocenters. The van der Waals surface area contributed by atoms with Gasteiger partial charge in [0.15, 0.2) is 0 Å². The van der Waals surface area contributed by atoms with Gasteiger partial charge in [-0.05, 0) is 18.1 Å². The van der Waals surface area contributed by atoms with Crippen LogP contribution in [0.5, 0.6) is 5.75 Å². The summed E-state index contributed by atoms with van der Waals surface area (Å²) in [4.78, 5) is 0.999. The van der Waals surface area contributed by atoms with Crippen molar-refractivity contribution < 1.29 is 9.47 Å². The van der Waals surface area contributed by atoms with Crippen LogP contribution in [0.1, 0.15) is 25.3 Å². The molecule has 3 heteroatoms. The van der Waals surface area contributed by atoms with Crippen LogP contribution >= 0.6 is 12.6 Å². The molecule has 0 aromatic heterocycles. The number of hydrogen-bond donors (Lipinski definition) is 1. The molecule has 2 rings (SSSR count). The summed E-state index contributed by atoms with van der Waals surface area (Å²) < 4.78 is 10.8. The largest absolute Gasteiger partial charge is 0.490 e. The molecule has 0 spiro atoms. The maximum Gasteiger partial charge on any atom is 0.123 e. The molecule has 1 heterocycles. The predicted molar refractivity (Wildman–Crippen MR) is 63.0 cm³/mol. The van der Waals surface area contributed by atoms with Gasteiger partial charge in [0.05, 0.1) is 6.61 Å². The van der Waals surface area contributed by atoms with E-state index in [1.54, 1.807) is 0 Å². The highest BCUT2D eigenvalue weighted by molar-refractivity contribution is 7.80. The fraction of sp³-hybridized carbons (Fsp3) is 0.500. The van der Waals surface area contributed by atoms with Crippen LogP contribution < -0.4 is 4.74 Å². The van der Waals surface area contributed by atoms with Crippen LogP contribution in [0.3, 0.4) is 0 Å². The Bertz CT molecular complexity index is 345. The van der Waals surface area contributed by atoms with Gasteiger partial charge in [-0.2, -0.15) is 0 Å². The Kier molecular flexibility index (Phi) is 3.22. The molecule has 82 valence electrons. The van der Waals surface area contributed by atoms with E-state index < -0.39 is 0 Å². The minimum atomic E-state index is 0.300. The molecule has 0 amide bonds. The van der Waals surface area contributed by atoms with Crippen LogP contribution in [-0.4, -0.2) is 19.3 Å². The van der Waals surface area contributed by atoms with Crippen LogP contribution in [0.25, 0.3) is 0 Å². The summed E-state index contributed by atoms with van der Waals surface area (Å²) in [6, 6.07) is 5.97. The van der Waals surface area contributed by atoms with Gasteiger partial charge in [0.2, 0.25) is 0 Å². The Hall–Kier alpha value is -0.670. The van der Waals surface area contributed by atoms with Crippen LogP contribution in [0.4, 0.5) is 0 Å². The van der Waals surface area contributed by atoms with Crippen molar-refractivity contribution in [1.82, 2.24) is 0 Å². The van der Waals surface area contributed by atoms with Crippen LogP contribution in [0.15, 0.2) is 23.1 Å². The first kappa shape index (κ1) is 10.8. The lowest BCUT2D eigenvalue weighted by Crippen LogP contribution is -2.06. The Morgan fingerprint density at radius 1 is 1.53 bits per heavy atom. The molecule has 1 aromatic carbocycles. The summed E-state index contributed by atoms with van der Waals surface area (Å²) in [7, 11) is 0. The van der Waals surface area contributed by atoms with Gasteiger partial charge in [0.1, 0.15) is 18.5 Å². The van der Waals surface area contributed by atoms with Crippen molar-refractivity contribution in [2.75, 3.05) is 13.2 Å². The average molecular weight is 224 g/mol. The highest BCUT2D eigenvalue weighted by atomic mass is 32.1. The maximum atomic E-state index is 5.73. The van der Waals surface area contributed by atoms with Crippen molar-refractivity contribution in [3.63, 3.8) is 0 Å². The number of rotatable bonds is 4. The van der Waals surface area contributed by atoms with Crippen molar-refractivity contribution >= 4 is 12.6 Å². The molecular weight excluding hydrogens is 208 g/mol. The SMILES string of the molecule is CC(C)c1c(S)cccc1OCC1CO1. The summed E-state index contributed by atoms with van der Waals surface area (Å²) in [6.07, 6.45) is 0.300. The van der Waals surface area contributed by atoms with Gasteiger partial charge in [-0.3, -0.25) is 0 Å². The Balaban J connectivity index is 2.15. The third-order valence-corrected chi connectivity index (χ3v) is 2.84. The molecule has 0 bridgehead atoms. The molecule has 0 N–H and O–H groups in total. The minimum absolute atomic E-state index is 0.300. The van der Waals surface area contributed by atoms with E-state index >= 15 is 0 Å². The topological polar surface area (TPSA) is 21.8 Å². The molecule has 0 radical (unpaired) electrons. The monoisotopic (exact) mass is 224 g/mol. The van der Waals surface area contributed by atoms with E-state index in [1.165, 1.54) is 5.56 Å². The first-order chi connectivity index (χ1) is 7.18. The lowest BCUT2D eigenvalue weighted by atomic mass is 10.0. The summed E-state index contributed by atoms with van der Waals surface area (Å²) in [6.45, 7) is 5.78. The van der Waals surface area contributed by atoms with Gasteiger partial charge in [-0.25, -0.2) is 0 Å². The lowest BCUT2D eigenvalue weighted by Gasteiger charge is -2.15. The zero-order valence-corrected chi connectivity index (χ0v) is 9.96. The van der Waals surface area contributed by atoms with Gasteiger partial charge >= 0.3 is 0 Å². The molecule has 1 fully saturated rings. The predicted octanol–water partition coefficient (Wildman–Crippen LogP) is 2.88. The highest BCUT2D eigenvalue weighted by Crippen LogP contribution is 2.32. The molecule has 1 aromatic rings. The molecule has 1 aliphatic heterocycles. The van der Waals surface area contributed by atoms with Crippen molar-refractivity contribution in [3.8, 4) is 5.75 Å². The first-order valence-corrected chi connectivity index (χ1v) is 5.69. The van der Waals surface area contributed by atoms with E-state index in [1.807, 2.05) is 18.2 Å². The minimum Gasteiger partial charge on any atom is -0.490 e. The summed E-state index contributed by atoms with van der Waals surface area (Å²) >= 11 is 4.46. The van der Waals surface area contributed by atoms with Crippen molar-refractivity contribution in [1.29, 1.82) is 0 Å². The van der Waals surface area contributed by atoms with Gasteiger partial charge in [-0.15, -0.1) is 12.6 Å². The Morgan fingerprint density at radius 2 is 2.27 bits per heavy atom. The van der Waals surface area contributed by atoms with Gasteiger partial charge in [-0.1, -0.05) is 19.9 Å². The second-order valence-corrected chi connectivity index (χ2v) is 4.59. The molecule has 0 aliphatic carbocycles. The maximum absolute atomic E-state index is 5.73. The second kappa shape index (κ2) is 4.45. The smallest absolute Gasteiger partial charge is 0.123 e. The van der Waals surface area contributed by atoms with Crippen molar-refractivity contribution in [2.24, 2.45) is 0 Å².